The maximum Gasteiger partial charge on any atom is 0.126 e. The average molecular weight is 202 g/mol. The molecule has 0 aliphatic heterocycles. The summed E-state index contributed by atoms with van der Waals surface area (Å²) in [5.74, 6) is 0.882. The number of fused-ring (bicyclic) bond motifs is 1. The maximum atomic E-state index is 8.97. The Bertz CT molecular complexity index is 463. The summed E-state index contributed by atoms with van der Waals surface area (Å²) in [5, 5.41) is 11.2. The van der Waals surface area contributed by atoms with E-state index in [9.17, 15) is 0 Å². The predicted octanol–water partition coefficient (Wildman–Crippen LogP) is 2.38. The molecule has 0 spiro atoms. The largest absolute Gasteiger partial charge is 0.496 e. The molecule has 0 aliphatic carbocycles. The van der Waals surface area contributed by atoms with Crippen molar-refractivity contribution in [2.75, 3.05) is 13.7 Å². The van der Waals surface area contributed by atoms with Crippen LogP contribution in [-0.4, -0.2) is 18.8 Å². The van der Waals surface area contributed by atoms with Gasteiger partial charge in [-0.1, -0.05) is 30.3 Å². The lowest BCUT2D eigenvalue weighted by molar-refractivity contribution is 0.300. The van der Waals surface area contributed by atoms with Gasteiger partial charge in [0.05, 0.1) is 7.11 Å². The van der Waals surface area contributed by atoms with E-state index in [1.807, 2.05) is 30.3 Å². The molecule has 2 aromatic rings. The van der Waals surface area contributed by atoms with E-state index in [2.05, 4.69) is 6.07 Å². The average Bonchev–Trinajstić information content (AvgIpc) is 2.30. The van der Waals surface area contributed by atoms with Crippen LogP contribution in [0.4, 0.5) is 0 Å². The van der Waals surface area contributed by atoms with Gasteiger partial charge in [-0.05, 0) is 23.4 Å². The number of benzene rings is 2. The minimum Gasteiger partial charge on any atom is -0.496 e. The van der Waals surface area contributed by atoms with Gasteiger partial charge in [0, 0.05) is 12.0 Å². The quantitative estimate of drug-likeness (QED) is 0.828. The lowest BCUT2D eigenvalue weighted by Crippen LogP contribution is -1.93. The van der Waals surface area contributed by atoms with Gasteiger partial charge < -0.3 is 9.84 Å². The number of hydrogen-bond donors (Lipinski definition) is 1. The van der Waals surface area contributed by atoms with Gasteiger partial charge >= 0.3 is 0 Å². The van der Waals surface area contributed by atoms with E-state index in [4.69, 9.17) is 9.84 Å². The monoisotopic (exact) mass is 202 g/mol. The van der Waals surface area contributed by atoms with Crippen molar-refractivity contribution in [3.8, 4) is 5.75 Å². The van der Waals surface area contributed by atoms with Gasteiger partial charge in [-0.25, -0.2) is 0 Å². The highest BCUT2D eigenvalue weighted by molar-refractivity contribution is 5.91. The molecule has 0 atom stereocenters. The van der Waals surface area contributed by atoms with Crippen LogP contribution in [0, 0.1) is 0 Å². The summed E-state index contributed by atoms with van der Waals surface area (Å²) >= 11 is 0. The number of aliphatic hydroxyl groups is 1. The fourth-order valence-electron chi connectivity index (χ4n) is 1.85. The zero-order chi connectivity index (χ0) is 10.7. The highest BCUT2D eigenvalue weighted by Gasteiger charge is 2.04. The molecule has 0 bridgehead atoms. The molecule has 0 saturated heterocycles. The van der Waals surface area contributed by atoms with Crippen molar-refractivity contribution < 1.29 is 9.84 Å². The molecule has 1 N–H and O–H groups in total. The van der Waals surface area contributed by atoms with E-state index in [0.29, 0.717) is 6.42 Å². The molecule has 0 amide bonds. The van der Waals surface area contributed by atoms with Gasteiger partial charge in [-0.2, -0.15) is 0 Å². The molecule has 2 nitrogen and oxygen atoms in total. The molecule has 0 aromatic heterocycles. The second-order valence-corrected chi connectivity index (χ2v) is 3.45. The van der Waals surface area contributed by atoms with Gasteiger partial charge in [0.25, 0.3) is 0 Å². The summed E-state index contributed by atoms with van der Waals surface area (Å²) in [7, 11) is 1.67. The number of aliphatic hydroxyl groups excluding tert-OH is 1. The molecular weight excluding hydrogens is 188 g/mol. The van der Waals surface area contributed by atoms with E-state index >= 15 is 0 Å². The van der Waals surface area contributed by atoms with Crippen molar-refractivity contribution in [1.82, 2.24) is 0 Å². The summed E-state index contributed by atoms with van der Waals surface area (Å²) in [6, 6.07) is 12.1. The van der Waals surface area contributed by atoms with Crippen LogP contribution in [-0.2, 0) is 6.42 Å². The van der Waals surface area contributed by atoms with Gasteiger partial charge in [0.1, 0.15) is 5.75 Å². The molecule has 2 rings (SSSR count). The Morgan fingerprint density at radius 1 is 1.07 bits per heavy atom. The minimum atomic E-state index is 0.177. The van der Waals surface area contributed by atoms with E-state index in [-0.39, 0.29) is 6.61 Å². The van der Waals surface area contributed by atoms with Crippen molar-refractivity contribution in [3.05, 3.63) is 42.0 Å². The Kier molecular flexibility index (Phi) is 2.88. The van der Waals surface area contributed by atoms with E-state index in [1.165, 1.54) is 0 Å². The first kappa shape index (κ1) is 9.99. The Balaban J connectivity index is 2.66. The smallest absolute Gasteiger partial charge is 0.126 e. The van der Waals surface area contributed by atoms with Gasteiger partial charge in [0.2, 0.25) is 0 Å². The lowest BCUT2D eigenvalue weighted by Gasteiger charge is -2.09. The van der Waals surface area contributed by atoms with E-state index < -0.39 is 0 Å². The Morgan fingerprint density at radius 2 is 1.80 bits per heavy atom. The second-order valence-electron chi connectivity index (χ2n) is 3.45. The third-order valence-corrected chi connectivity index (χ3v) is 2.58. The first-order chi connectivity index (χ1) is 7.36. The predicted molar refractivity (Wildman–Crippen MR) is 61.3 cm³/mol. The zero-order valence-electron chi connectivity index (χ0n) is 8.73. The minimum absolute atomic E-state index is 0.177. The van der Waals surface area contributed by atoms with Crippen molar-refractivity contribution in [1.29, 1.82) is 0 Å². The molecule has 0 unspecified atom stereocenters. The van der Waals surface area contributed by atoms with Gasteiger partial charge in [0.15, 0.2) is 0 Å². The molecule has 15 heavy (non-hydrogen) atoms. The third kappa shape index (κ3) is 1.81. The van der Waals surface area contributed by atoms with Crippen LogP contribution >= 0.6 is 0 Å². The van der Waals surface area contributed by atoms with Crippen LogP contribution in [0.2, 0.25) is 0 Å². The molecule has 78 valence electrons. The molecule has 2 heteroatoms. The van der Waals surface area contributed by atoms with Gasteiger partial charge in [-0.15, -0.1) is 0 Å². The van der Waals surface area contributed by atoms with Crippen LogP contribution in [0.5, 0.6) is 5.75 Å². The first-order valence-electron chi connectivity index (χ1n) is 5.02. The van der Waals surface area contributed by atoms with Crippen molar-refractivity contribution in [2.24, 2.45) is 0 Å². The standard InChI is InChI=1S/C13H14O2/c1-15-13-7-6-10(8-9-14)11-4-2-3-5-12(11)13/h2-7,14H,8-9H2,1H3. The Hall–Kier alpha value is -1.54. The normalized spacial score (nSPS) is 10.5. The van der Waals surface area contributed by atoms with E-state index in [1.54, 1.807) is 7.11 Å². The Morgan fingerprint density at radius 3 is 2.47 bits per heavy atom. The SMILES string of the molecule is COc1ccc(CCO)c2ccccc12. The summed E-state index contributed by atoms with van der Waals surface area (Å²) < 4.78 is 5.30. The number of methoxy groups -OCH3 is 1. The van der Waals surface area contributed by atoms with Crippen molar-refractivity contribution in [3.63, 3.8) is 0 Å². The van der Waals surface area contributed by atoms with Crippen LogP contribution < -0.4 is 4.74 Å². The molecule has 0 heterocycles. The topological polar surface area (TPSA) is 29.5 Å². The second kappa shape index (κ2) is 4.32. The number of rotatable bonds is 3. The van der Waals surface area contributed by atoms with Crippen LogP contribution in [0.15, 0.2) is 36.4 Å². The molecular formula is C13H14O2. The first-order valence-corrected chi connectivity index (χ1v) is 5.02. The van der Waals surface area contributed by atoms with Crippen LogP contribution in [0.3, 0.4) is 0 Å². The highest BCUT2D eigenvalue weighted by Crippen LogP contribution is 2.28. The van der Waals surface area contributed by atoms with Crippen LogP contribution in [0.1, 0.15) is 5.56 Å². The molecule has 0 aliphatic rings. The van der Waals surface area contributed by atoms with Crippen molar-refractivity contribution in [2.45, 2.75) is 6.42 Å². The van der Waals surface area contributed by atoms with Crippen LogP contribution in [0.25, 0.3) is 10.8 Å². The summed E-state index contributed by atoms with van der Waals surface area (Å²) in [6.45, 7) is 0.177. The van der Waals surface area contributed by atoms with Crippen molar-refractivity contribution >= 4 is 10.8 Å². The molecule has 2 aromatic carbocycles. The Labute approximate surface area is 89.1 Å². The molecule has 0 fully saturated rings. The summed E-state index contributed by atoms with van der Waals surface area (Å²) in [6.07, 6.45) is 0.685. The van der Waals surface area contributed by atoms with E-state index in [0.717, 1.165) is 22.1 Å². The fraction of sp³-hybridized carbons (Fsp3) is 0.231. The third-order valence-electron chi connectivity index (χ3n) is 2.58. The molecule has 0 radical (unpaired) electrons. The van der Waals surface area contributed by atoms with Gasteiger partial charge in [-0.3, -0.25) is 0 Å². The number of ether oxygens (including phenoxy) is 1. The fourth-order valence-corrected chi connectivity index (χ4v) is 1.85. The highest BCUT2D eigenvalue weighted by atomic mass is 16.5. The molecule has 0 saturated carbocycles. The maximum absolute atomic E-state index is 8.97. The summed E-state index contributed by atoms with van der Waals surface area (Å²) in [5.41, 5.74) is 1.16. The zero-order valence-corrected chi connectivity index (χ0v) is 8.73. The lowest BCUT2D eigenvalue weighted by atomic mass is 10.0. The number of hydrogen-bond acceptors (Lipinski definition) is 2. The summed E-state index contributed by atoms with van der Waals surface area (Å²) in [4.78, 5) is 0.